The van der Waals surface area contributed by atoms with Crippen LogP contribution in [0.4, 0.5) is 11.4 Å². The Bertz CT molecular complexity index is 557. The van der Waals surface area contributed by atoms with Gasteiger partial charge in [-0.25, -0.2) is 0 Å². The maximum absolute atomic E-state index is 5.11. The molecule has 2 aromatic carbocycles. The van der Waals surface area contributed by atoms with Gasteiger partial charge in [-0.3, -0.25) is 0 Å². The van der Waals surface area contributed by atoms with Crippen molar-refractivity contribution in [1.29, 1.82) is 0 Å². The molecule has 0 saturated heterocycles. The molecule has 0 amide bonds. The largest absolute Gasteiger partial charge is 1.00 e. The van der Waals surface area contributed by atoms with Crippen LogP contribution >= 0.6 is 15.8 Å². The predicted octanol–water partition coefficient (Wildman–Crippen LogP) is 3.32. The van der Waals surface area contributed by atoms with Crippen molar-refractivity contribution in [1.82, 2.24) is 0 Å². The van der Waals surface area contributed by atoms with Crippen molar-refractivity contribution in [2.75, 3.05) is 24.6 Å². The van der Waals surface area contributed by atoms with E-state index in [-0.39, 0.29) is 34.7 Å². The summed E-state index contributed by atoms with van der Waals surface area (Å²) in [5.41, 5.74) is 2.36. The minimum absolute atomic E-state index is 0. The quantitative estimate of drug-likeness (QED) is 0.512. The van der Waals surface area contributed by atoms with Crippen LogP contribution < -0.4 is 29.5 Å². The van der Waals surface area contributed by atoms with Crippen LogP contribution in [0.5, 0.6) is 0 Å². The van der Waals surface area contributed by atoms with Crippen molar-refractivity contribution in [3.63, 3.8) is 0 Å². The maximum Gasteiger partial charge on any atom is 1.00 e. The first-order chi connectivity index (χ1) is 11.2. The summed E-state index contributed by atoms with van der Waals surface area (Å²) in [6.45, 7) is 9.20. The predicted molar refractivity (Wildman–Crippen MR) is 111 cm³/mol. The molecule has 24 heavy (non-hydrogen) atoms. The van der Waals surface area contributed by atoms with E-state index >= 15 is 0 Å². The normalized spacial score (nSPS) is 10.8. The minimum Gasteiger partial charge on any atom is -0.657 e. The number of hydrogen-bond acceptors (Lipinski definition) is 0. The summed E-state index contributed by atoms with van der Waals surface area (Å²) in [7, 11) is -0.178. The number of rotatable bonds is 8. The van der Waals surface area contributed by atoms with E-state index in [0.717, 1.165) is 0 Å². The average molecular weight is 351 g/mol. The second-order valence-corrected chi connectivity index (χ2v) is 11.1. The molecule has 2 rings (SSSR count). The molecule has 0 fully saturated rings. The standard InChI is InChI=1S/C20H28NP2.Li/c1-5-22(6-2)19-15-11-9-13-17(19)21-18-14-10-12-16-20(18)23(7-3)8-4;/h9-16H,5-8H2,1-4H3;/q-1;+1. The Balaban J connectivity index is 0.00000288. The van der Waals surface area contributed by atoms with Crippen LogP contribution in [0.2, 0.25) is 0 Å². The molecule has 0 saturated carbocycles. The van der Waals surface area contributed by atoms with E-state index < -0.39 is 0 Å². The van der Waals surface area contributed by atoms with Crippen LogP contribution in [0.25, 0.3) is 5.32 Å². The van der Waals surface area contributed by atoms with E-state index in [1.54, 1.807) is 0 Å². The number of nitrogens with zero attached hydrogens (tertiary/aromatic N) is 1. The molecule has 0 atom stereocenters. The maximum atomic E-state index is 5.11. The molecule has 0 aliphatic heterocycles. The molecule has 0 bridgehead atoms. The Morgan fingerprint density at radius 3 is 1.29 bits per heavy atom. The summed E-state index contributed by atoms with van der Waals surface area (Å²) in [6, 6.07) is 17.5. The first-order valence-electron chi connectivity index (χ1n) is 8.64. The van der Waals surface area contributed by atoms with Crippen LogP contribution in [0.3, 0.4) is 0 Å². The topological polar surface area (TPSA) is 14.1 Å². The molecule has 0 unspecified atom stereocenters. The number of hydrogen-bond donors (Lipinski definition) is 0. The van der Waals surface area contributed by atoms with E-state index in [0.29, 0.717) is 0 Å². The van der Waals surface area contributed by atoms with Gasteiger partial charge in [0, 0.05) is 0 Å². The fraction of sp³-hybridized carbons (Fsp3) is 0.400. The number of para-hydroxylation sites is 2. The van der Waals surface area contributed by atoms with Crippen molar-refractivity contribution in [3.8, 4) is 0 Å². The Morgan fingerprint density at radius 1 is 0.625 bits per heavy atom. The summed E-state index contributed by atoms with van der Waals surface area (Å²) in [6.07, 6.45) is 4.93. The zero-order chi connectivity index (χ0) is 16.7. The van der Waals surface area contributed by atoms with Gasteiger partial charge >= 0.3 is 18.9 Å². The zero-order valence-electron chi connectivity index (χ0n) is 15.8. The van der Waals surface area contributed by atoms with Crippen molar-refractivity contribution in [3.05, 3.63) is 53.8 Å². The van der Waals surface area contributed by atoms with Crippen LogP contribution in [0.15, 0.2) is 48.5 Å². The first kappa shape index (κ1) is 21.7. The molecule has 0 aromatic heterocycles. The average Bonchev–Trinajstić information content (AvgIpc) is 2.60. The minimum atomic E-state index is -0.0890. The molecule has 0 heterocycles. The first-order valence-corrected chi connectivity index (χ1v) is 12.1. The third-order valence-electron chi connectivity index (χ3n) is 4.21. The van der Waals surface area contributed by atoms with Crippen LogP contribution in [0.1, 0.15) is 27.7 Å². The Hall–Kier alpha value is -0.303. The SMILES string of the molecule is CCP(CC)c1ccccc1[N-]c1ccccc1P(CC)CC.[Li+]. The van der Waals surface area contributed by atoms with Gasteiger partial charge in [-0.2, -0.15) is 0 Å². The van der Waals surface area contributed by atoms with E-state index in [2.05, 4.69) is 76.2 Å². The van der Waals surface area contributed by atoms with Gasteiger partial charge in [0.25, 0.3) is 0 Å². The van der Waals surface area contributed by atoms with E-state index in [1.165, 1.54) is 46.6 Å². The second kappa shape index (κ2) is 11.3. The second-order valence-electron chi connectivity index (χ2n) is 5.43. The summed E-state index contributed by atoms with van der Waals surface area (Å²) in [4.78, 5) is 0. The molecule has 1 nitrogen and oxygen atoms in total. The smallest absolute Gasteiger partial charge is 0.657 e. The molecule has 0 spiro atoms. The van der Waals surface area contributed by atoms with Crippen molar-refractivity contribution < 1.29 is 18.9 Å². The molecule has 0 radical (unpaired) electrons. The third kappa shape index (κ3) is 5.35. The Labute approximate surface area is 162 Å². The van der Waals surface area contributed by atoms with Gasteiger partial charge in [0.2, 0.25) is 0 Å². The number of benzene rings is 2. The fourth-order valence-corrected chi connectivity index (χ4v) is 6.66. The Morgan fingerprint density at radius 2 is 0.958 bits per heavy atom. The van der Waals surface area contributed by atoms with Gasteiger partial charge in [-0.1, -0.05) is 92.1 Å². The van der Waals surface area contributed by atoms with E-state index in [9.17, 15) is 0 Å². The third-order valence-corrected chi connectivity index (χ3v) is 9.39. The van der Waals surface area contributed by atoms with Crippen LogP contribution in [-0.4, -0.2) is 24.6 Å². The summed E-state index contributed by atoms with van der Waals surface area (Å²) in [5.74, 6) is 0. The van der Waals surface area contributed by atoms with Gasteiger partial charge in [-0.15, -0.1) is 11.4 Å². The molecule has 4 heteroatoms. The van der Waals surface area contributed by atoms with E-state index in [4.69, 9.17) is 5.32 Å². The summed E-state index contributed by atoms with van der Waals surface area (Å²) >= 11 is 0. The molecule has 2 aromatic rings. The fourth-order valence-electron chi connectivity index (χ4n) is 2.91. The van der Waals surface area contributed by atoms with Crippen molar-refractivity contribution >= 4 is 37.8 Å². The molecule has 0 aliphatic carbocycles. The Kier molecular flexibility index (Phi) is 10.3. The van der Waals surface area contributed by atoms with Gasteiger partial charge in [-0.05, 0) is 35.3 Å². The molecular weight excluding hydrogens is 323 g/mol. The van der Waals surface area contributed by atoms with E-state index in [1.807, 2.05) is 0 Å². The van der Waals surface area contributed by atoms with Gasteiger partial charge in [0.15, 0.2) is 0 Å². The van der Waals surface area contributed by atoms with Gasteiger partial charge in [0.05, 0.1) is 0 Å². The van der Waals surface area contributed by atoms with Gasteiger partial charge < -0.3 is 5.32 Å². The molecular formula is C20H28LiNP2. The van der Waals surface area contributed by atoms with Gasteiger partial charge in [0.1, 0.15) is 0 Å². The summed E-state index contributed by atoms with van der Waals surface area (Å²) < 4.78 is 0. The summed E-state index contributed by atoms with van der Waals surface area (Å²) in [5, 5.41) is 8.02. The molecule has 124 valence electrons. The monoisotopic (exact) mass is 351 g/mol. The van der Waals surface area contributed by atoms with Crippen LogP contribution in [0, 0.1) is 0 Å². The molecule has 0 aliphatic rings. The van der Waals surface area contributed by atoms with Crippen LogP contribution in [-0.2, 0) is 0 Å². The van der Waals surface area contributed by atoms with Crippen molar-refractivity contribution in [2.45, 2.75) is 27.7 Å². The zero-order valence-corrected chi connectivity index (χ0v) is 17.6. The molecule has 0 N–H and O–H groups in total. The van der Waals surface area contributed by atoms with Crippen molar-refractivity contribution in [2.24, 2.45) is 0 Å².